The van der Waals surface area contributed by atoms with Gasteiger partial charge in [0, 0.05) is 12.2 Å². The van der Waals surface area contributed by atoms with Crippen molar-refractivity contribution in [2.24, 2.45) is 5.41 Å². The van der Waals surface area contributed by atoms with Crippen LogP contribution in [-0.4, -0.2) is 22.6 Å². The van der Waals surface area contributed by atoms with Crippen LogP contribution < -0.4 is 5.32 Å². The molecular weight excluding hydrogens is 252 g/mol. The second-order valence-electron chi connectivity index (χ2n) is 6.25. The number of aryl methyl sites for hydroxylation is 2. The van der Waals surface area contributed by atoms with Gasteiger partial charge in [0.25, 0.3) is 0 Å². The monoisotopic (exact) mass is 274 g/mol. The van der Waals surface area contributed by atoms with Gasteiger partial charge in [-0.15, -0.1) is 0 Å². The quantitative estimate of drug-likeness (QED) is 0.835. The molecule has 2 aliphatic carbocycles. The zero-order valence-corrected chi connectivity index (χ0v) is 12.0. The van der Waals surface area contributed by atoms with Gasteiger partial charge < -0.3 is 10.4 Å². The van der Waals surface area contributed by atoms with Crippen LogP contribution in [-0.2, 0) is 12.8 Å². The molecule has 0 bridgehead atoms. The van der Waals surface area contributed by atoms with Gasteiger partial charge in [0.2, 0.25) is 0 Å². The Kier molecular flexibility index (Phi) is 3.40. The molecule has 0 unspecified atom stereocenters. The molecular formula is C16H22N2O2. The molecule has 1 fully saturated rings. The van der Waals surface area contributed by atoms with Crippen molar-refractivity contribution in [2.75, 3.05) is 11.9 Å². The molecule has 0 spiro atoms. The Hall–Kier alpha value is -1.58. The maximum atomic E-state index is 11.4. The Morgan fingerprint density at radius 3 is 2.90 bits per heavy atom. The van der Waals surface area contributed by atoms with Crippen molar-refractivity contribution in [1.82, 2.24) is 4.98 Å². The Labute approximate surface area is 119 Å². The summed E-state index contributed by atoms with van der Waals surface area (Å²) in [6, 6.07) is 1.82. The van der Waals surface area contributed by atoms with Gasteiger partial charge in [-0.1, -0.05) is 13.3 Å². The summed E-state index contributed by atoms with van der Waals surface area (Å²) >= 11 is 0. The molecule has 1 saturated carbocycles. The predicted octanol–water partition coefficient (Wildman–Crippen LogP) is 3.26. The summed E-state index contributed by atoms with van der Waals surface area (Å²) in [4.78, 5) is 16.0. The Morgan fingerprint density at radius 1 is 1.45 bits per heavy atom. The van der Waals surface area contributed by atoms with E-state index in [4.69, 9.17) is 0 Å². The van der Waals surface area contributed by atoms with Crippen LogP contribution in [0.2, 0.25) is 0 Å². The molecule has 0 saturated heterocycles. The maximum absolute atomic E-state index is 11.4. The number of carboxylic acid groups (broad SMARTS) is 1. The number of nitrogens with zero attached hydrogens (tertiary/aromatic N) is 1. The fraction of sp³-hybridized carbons (Fsp3) is 0.625. The normalized spacial score (nSPS) is 18.6. The van der Waals surface area contributed by atoms with Crippen molar-refractivity contribution in [3.8, 4) is 0 Å². The molecule has 1 aromatic rings. The van der Waals surface area contributed by atoms with E-state index in [9.17, 15) is 9.90 Å². The highest BCUT2D eigenvalue weighted by Gasteiger charge is 2.41. The molecule has 108 valence electrons. The van der Waals surface area contributed by atoms with Crippen molar-refractivity contribution < 1.29 is 9.90 Å². The lowest BCUT2D eigenvalue weighted by molar-refractivity contribution is 0.0697. The third-order valence-electron chi connectivity index (χ3n) is 4.65. The number of carboxylic acids is 1. The number of anilines is 1. The highest BCUT2D eigenvalue weighted by atomic mass is 16.4. The van der Waals surface area contributed by atoms with Crippen molar-refractivity contribution in [3.63, 3.8) is 0 Å². The predicted molar refractivity (Wildman–Crippen MR) is 78.3 cm³/mol. The molecule has 1 heterocycles. The first-order valence-corrected chi connectivity index (χ1v) is 7.63. The number of rotatable bonds is 6. The minimum Gasteiger partial charge on any atom is -0.478 e. The molecule has 0 atom stereocenters. The Morgan fingerprint density at radius 2 is 2.25 bits per heavy atom. The average molecular weight is 274 g/mol. The van der Waals surface area contributed by atoms with E-state index in [-0.39, 0.29) is 0 Å². The molecule has 1 aromatic heterocycles. The zero-order valence-electron chi connectivity index (χ0n) is 12.0. The Bertz CT molecular complexity index is 536. The fourth-order valence-corrected chi connectivity index (χ4v) is 3.26. The van der Waals surface area contributed by atoms with E-state index in [0.717, 1.165) is 37.1 Å². The fourth-order valence-electron chi connectivity index (χ4n) is 3.26. The van der Waals surface area contributed by atoms with Crippen LogP contribution in [0.4, 0.5) is 5.82 Å². The van der Waals surface area contributed by atoms with E-state index in [1.165, 1.54) is 25.7 Å². The third kappa shape index (κ3) is 2.51. The van der Waals surface area contributed by atoms with Crippen LogP contribution in [0.25, 0.3) is 0 Å². The number of hydrogen-bond donors (Lipinski definition) is 2. The van der Waals surface area contributed by atoms with Gasteiger partial charge in [-0.25, -0.2) is 9.78 Å². The molecule has 0 aliphatic heterocycles. The first-order valence-electron chi connectivity index (χ1n) is 7.63. The smallest absolute Gasteiger partial charge is 0.339 e. The summed E-state index contributed by atoms with van der Waals surface area (Å²) < 4.78 is 0. The van der Waals surface area contributed by atoms with Gasteiger partial charge in [0.05, 0.1) is 0 Å². The van der Waals surface area contributed by atoms with Crippen molar-refractivity contribution >= 4 is 11.8 Å². The number of pyridine rings is 1. The van der Waals surface area contributed by atoms with E-state index in [2.05, 4.69) is 17.2 Å². The summed E-state index contributed by atoms with van der Waals surface area (Å²) in [5, 5.41) is 12.7. The molecule has 0 aromatic carbocycles. The number of hydrogen-bond acceptors (Lipinski definition) is 3. The highest BCUT2D eigenvalue weighted by molar-refractivity contribution is 5.93. The maximum Gasteiger partial charge on any atom is 0.339 e. The van der Waals surface area contributed by atoms with Crippen LogP contribution in [0.5, 0.6) is 0 Å². The molecule has 0 radical (unpaired) electrons. The van der Waals surface area contributed by atoms with Gasteiger partial charge in [-0.2, -0.15) is 0 Å². The van der Waals surface area contributed by atoms with Crippen LogP contribution in [0.3, 0.4) is 0 Å². The van der Waals surface area contributed by atoms with Crippen LogP contribution in [0, 0.1) is 5.41 Å². The van der Waals surface area contributed by atoms with Crippen molar-refractivity contribution in [3.05, 3.63) is 22.9 Å². The molecule has 0 amide bonds. The second-order valence-corrected chi connectivity index (χ2v) is 6.25. The molecule has 20 heavy (non-hydrogen) atoms. The summed E-state index contributed by atoms with van der Waals surface area (Å²) in [5.41, 5.74) is 2.92. The van der Waals surface area contributed by atoms with Crippen molar-refractivity contribution in [1.29, 1.82) is 0 Å². The molecule has 3 rings (SSSR count). The zero-order chi connectivity index (χ0) is 14.2. The van der Waals surface area contributed by atoms with Crippen molar-refractivity contribution in [2.45, 2.75) is 51.9 Å². The largest absolute Gasteiger partial charge is 0.478 e. The second kappa shape index (κ2) is 5.08. The van der Waals surface area contributed by atoms with Gasteiger partial charge in [0.15, 0.2) is 0 Å². The lowest BCUT2D eigenvalue weighted by Crippen LogP contribution is -2.18. The third-order valence-corrected chi connectivity index (χ3v) is 4.65. The summed E-state index contributed by atoms with van der Waals surface area (Å²) in [5.74, 6) is -0.310. The van der Waals surface area contributed by atoms with Gasteiger partial charge in [0.1, 0.15) is 11.4 Å². The van der Waals surface area contributed by atoms with E-state index in [1.807, 2.05) is 6.07 Å². The summed E-state index contributed by atoms with van der Waals surface area (Å²) in [6.07, 6.45) is 7.93. The minimum atomic E-state index is -0.880. The van der Waals surface area contributed by atoms with Gasteiger partial charge >= 0.3 is 5.97 Å². The summed E-state index contributed by atoms with van der Waals surface area (Å²) in [7, 11) is 0. The van der Waals surface area contributed by atoms with E-state index < -0.39 is 5.97 Å². The first-order chi connectivity index (χ1) is 9.63. The molecule has 2 N–H and O–H groups in total. The standard InChI is InChI=1S/C16H22N2O2/c1-2-6-16(7-8-16)10-17-14-12(15(19)20)9-11-4-3-5-13(11)18-14/h9H,2-8,10H2,1H3,(H,17,18)(H,19,20). The van der Waals surface area contributed by atoms with E-state index >= 15 is 0 Å². The van der Waals surface area contributed by atoms with Crippen LogP contribution in [0.15, 0.2) is 6.07 Å². The molecule has 2 aliphatic rings. The van der Waals surface area contributed by atoms with Crippen LogP contribution >= 0.6 is 0 Å². The molecule has 4 heteroatoms. The lowest BCUT2D eigenvalue weighted by Gasteiger charge is -2.17. The van der Waals surface area contributed by atoms with Crippen LogP contribution in [0.1, 0.15) is 60.6 Å². The van der Waals surface area contributed by atoms with E-state index in [0.29, 0.717) is 16.8 Å². The van der Waals surface area contributed by atoms with Gasteiger partial charge in [-0.05, 0) is 55.6 Å². The summed E-state index contributed by atoms with van der Waals surface area (Å²) in [6.45, 7) is 3.06. The minimum absolute atomic E-state index is 0.331. The number of aromatic carboxylic acids is 1. The number of fused-ring (bicyclic) bond motifs is 1. The number of nitrogens with one attached hydrogen (secondary N) is 1. The highest BCUT2D eigenvalue weighted by Crippen LogP contribution is 2.49. The van der Waals surface area contributed by atoms with Gasteiger partial charge in [-0.3, -0.25) is 0 Å². The average Bonchev–Trinajstić information content (AvgIpc) is 3.03. The number of aromatic nitrogens is 1. The lowest BCUT2D eigenvalue weighted by atomic mass is 10.0. The topological polar surface area (TPSA) is 62.2 Å². The molecule has 4 nitrogen and oxygen atoms in total. The Balaban J connectivity index is 1.79. The SMILES string of the molecule is CCCC1(CNc2nc3c(cc2C(=O)O)CCC3)CC1. The number of carbonyl (C=O) groups is 1. The van der Waals surface area contributed by atoms with E-state index in [1.54, 1.807) is 0 Å². The first kappa shape index (κ1) is 13.4.